The Kier molecular flexibility index (Phi) is 4.62. The van der Waals surface area contributed by atoms with E-state index in [-0.39, 0.29) is 14.8 Å². The van der Waals surface area contributed by atoms with Crippen LogP contribution in [0.5, 0.6) is 0 Å². The lowest BCUT2D eigenvalue weighted by molar-refractivity contribution is -0.309. The lowest BCUT2D eigenvalue weighted by Crippen LogP contribution is -2.48. The second-order valence-corrected chi connectivity index (χ2v) is 6.13. The first-order valence-corrected chi connectivity index (χ1v) is 7.33. The van der Waals surface area contributed by atoms with Crippen molar-refractivity contribution < 1.29 is 24.6 Å². The molecule has 2 rings (SSSR count). The molecule has 0 aromatic heterocycles. The predicted octanol–water partition coefficient (Wildman–Crippen LogP) is -0.610. The van der Waals surface area contributed by atoms with E-state index in [4.69, 9.17) is 12.2 Å². The van der Waals surface area contributed by atoms with E-state index in [2.05, 4.69) is 0 Å². The third-order valence-corrected chi connectivity index (χ3v) is 4.33. The number of carboxylic acid groups (broad SMARTS) is 2. The number of benzene rings is 1. The topological polar surface area (TPSA) is 101 Å². The number of thioether (sulfide) groups is 1. The zero-order valence-electron chi connectivity index (χ0n) is 11.3. The molecule has 114 valence electrons. The molecule has 6 nitrogen and oxygen atoms in total. The van der Waals surface area contributed by atoms with Crippen LogP contribution in [0.4, 0.5) is 0 Å². The zero-order chi connectivity index (χ0) is 16.4. The van der Waals surface area contributed by atoms with Gasteiger partial charge in [0.05, 0.1) is 22.9 Å². The van der Waals surface area contributed by atoms with Crippen LogP contribution in [0.2, 0.25) is 0 Å². The highest BCUT2D eigenvalue weighted by Crippen LogP contribution is 2.33. The molecule has 22 heavy (non-hydrogen) atoms. The number of hydrogen-bond acceptors (Lipinski definition) is 7. The van der Waals surface area contributed by atoms with Crippen molar-refractivity contribution in [2.45, 2.75) is 13.0 Å². The summed E-state index contributed by atoms with van der Waals surface area (Å²) in [5, 5.41) is 21.6. The number of aromatic carboxylic acids is 1. The van der Waals surface area contributed by atoms with Crippen molar-refractivity contribution in [2.24, 2.45) is 0 Å². The summed E-state index contributed by atoms with van der Waals surface area (Å²) >= 11 is 5.99. The number of carbonyl (C=O) groups excluding carboxylic acids is 3. The van der Waals surface area contributed by atoms with Gasteiger partial charge in [-0.1, -0.05) is 48.2 Å². The van der Waals surface area contributed by atoms with Crippen molar-refractivity contribution in [3.63, 3.8) is 0 Å². The molecule has 1 aromatic rings. The quantitative estimate of drug-likeness (QED) is 0.534. The van der Waals surface area contributed by atoms with Gasteiger partial charge in [-0.3, -0.25) is 9.69 Å². The molecule has 1 heterocycles. The van der Waals surface area contributed by atoms with Crippen LogP contribution < -0.4 is 10.2 Å². The maximum absolute atomic E-state index is 12.2. The lowest BCUT2D eigenvalue weighted by atomic mass is 10.1. The molecule has 0 saturated carbocycles. The second-order valence-electron chi connectivity index (χ2n) is 4.46. The van der Waals surface area contributed by atoms with E-state index in [9.17, 15) is 24.6 Å². The Hall–Kier alpha value is -2.19. The molecule has 0 spiro atoms. The Morgan fingerprint density at radius 3 is 2.36 bits per heavy atom. The molecule has 0 radical (unpaired) electrons. The van der Waals surface area contributed by atoms with E-state index in [0.29, 0.717) is 5.56 Å². The van der Waals surface area contributed by atoms with E-state index >= 15 is 0 Å². The summed E-state index contributed by atoms with van der Waals surface area (Å²) in [4.78, 5) is 35.0. The molecule has 0 aliphatic carbocycles. The third kappa shape index (κ3) is 3.18. The van der Waals surface area contributed by atoms with Gasteiger partial charge in [-0.05, 0) is 24.1 Å². The fourth-order valence-corrected chi connectivity index (χ4v) is 3.20. The second kappa shape index (κ2) is 6.29. The average molecular weight is 335 g/mol. The van der Waals surface area contributed by atoms with Gasteiger partial charge in [-0.25, -0.2) is 0 Å². The Morgan fingerprint density at radius 1 is 1.27 bits per heavy atom. The van der Waals surface area contributed by atoms with Gasteiger partial charge in [0.25, 0.3) is 5.91 Å². The maximum atomic E-state index is 12.2. The van der Waals surface area contributed by atoms with E-state index in [1.54, 1.807) is 0 Å². The van der Waals surface area contributed by atoms with Gasteiger partial charge in [0.2, 0.25) is 0 Å². The van der Waals surface area contributed by atoms with Crippen molar-refractivity contribution in [1.29, 1.82) is 0 Å². The molecule has 1 fully saturated rings. The first-order chi connectivity index (χ1) is 10.3. The molecule has 0 unspecified atom stereocenters. The molecule has 8 heteroatoms. The summed E-state index contributed by atoms with van der Waals surface area (Å²) in [6.07, 6.45) is 1.51. The van der Waals surface area contributed by atoms with Gasteiger partial charge >= 0.3 is 0 Å². The van der Waals surface area contributed by atoms with Crippen molar-refractivity contribution in [1.82, 2.24) is 4.90 Å². The van der Waals surface area contributed by atoms with Gasteiger partial charge < -0.3 is 19.8 Å². The minimum Gasteiger partial charge on any atom is -0.548 e. The van der Waals surface area contributed by atoms with Crippen LogP contribution in [0.3, 0.4) is 0 Å². The zero-order valence-corrected chi connectivity index (χ0v) is 12.9. The average Bonchev–Trinajstić information content (AvgIpc) is 2.73. The van der Waals surface area contributed by atoms with Crippen molar-refractivity contribution in [2.75, 3.05) is 0 Å². The smallest absolute Gasteiger partial charge is 0.266 e. The molecule has 1 aliphatic heterocycles. The minimum absolute atomic E-state index is 0.0234. The Balaban J connectivity index is 2.26. The Bertz CT molecular complexity index is 696. The molecule has 1 saturated heterocycles. The van der Waals surface area contributed by atoms with E-state index in [0.717, 1.165) is 16.7 Å². The van der Waals surface area contributed by atoms with Gasteiger partial charge in [-0.2, -0.15) is 0 Å². The van der Waals surface area contributed by atoms with Crippen molar-refractivity contribution >= 4 is 52.2 Å². The summed E-state index contributed by atoms with van der Waals surface area (Å²) in [6, 6.07) is 4.58. The number of nitrogens with zero attached hydrogens (tertiary/aromatic N) is 1. The number of amides is 1. The van der Waals surface area contributed by atoms with E-state index in [1.165, 1.54) is 37.3 Å². The van der Waals surface area contributed by atoms with E-state index < -0.39 is 23.9 Å². The molecular formula is C14H9NO5S2-2. The van der Waals surface area contributed by atoms with Crippen molar-refractivity contribution in [3.8, 4) is 0 Å². The van der Waals surface area contributed by atoms with E-state index in [1.807, 2.05) is 0 Å². The third-order valence-electron chi connectivity index (χ3n) is 3.00. The number of carbonyl (C=O) groups is 3. The summed E-state index contributed by atoms with van der Waals surface area (Å²) < 4.78 is 0.138. The highest BCUT2D eigenvalue weighted by atomic mass is 32.2. The van der Waals surface area contributed by atoms with Crippen molar-refractivity contribution in [3.05, 3.63) is 40.3 Å². The van der Waals surface area contributed by atoms with Crippen LogP contribution in [-0.2, 0) is 9.59 Å². The summed E-state index contributed by atoms with van der Waals surface area (Å²) in [5.41, 5.74) is 0.613. The van der Waals surface area contributed by atoms with Crippen LogP contribution in [-0.4, -0.2) is 33.1 Å². The van der Waals surface area contributed by atoms with Gasteiger partial charge in [0, 0.05) is 0 Å². The highest BCUT2D eigenvalue weighted by molar-refractivity contribution is 8.26. The Morgan fingerprint density at radius 2 is 1.86 bits per heavy atom. The minimum atomic E-state index is -1.39. The van der Waals surface area contributed by atoms with Crippen LogP contribution in [0, 0.1) is 0 Å². The molecule has 0 bridgehead atoms. The van der Waals surface area contributed by atoms with Gasteiger partial charge in [0.15, 0.2) is 0 Å². The van der Waals surface area contributed by atoms with Crippen LogP contribution >= 0.6 is 24.0 Å². The molecule has 0 N–H and O–H groups in total. The predicted molar refractivity (Wildman–Crippen MR) is 80.3 cm³/mol. The molecule has 1 aliphatic rings. The number of hydrogen-bond donors (Lipinski definition) is 0. The molecule has 1 atom stereocenters. The van der Waals surface area contributed by atoms with Gasteiger partial charge in [-0.15, -0.1) is 0 Å². The van der Waals surface area contributed by atoms with Crippen LogP contribution in [0.1, 0.15) is 22.8 Å². The number of aliphatic carboxylic acids is 1. The maximum Gasteiger partial charge on any atom is 0.266 e. The summed E-state index contributed by atoms with van der Waals surface area (Å²) in [6.45, 7) is 1.32. The summed E-state index contributed by atoms with van der Waals surface area (Å²) in [7, 11) is 0. The monoisotopic (exact) mass is 335 g/mol. The normalized spacial score (nSPS) is 17.9. The lowest BCUT2D eigenvalue weighted by Gasteiger charge is -2.23. The molecule has 1 aromatic carbocycles. The van der Waals surface area contributed by atoms with Gasteiger partial charge in [0.1, 0.15) is 4.32 Å². The number of carboxylic acids is 2. The fourth-order valence-electron chi connectivity index (χ4n) is 1.79. The molecular weight excluding hydrogens is 326 g/mol. The van der Waals surface area contributed by atoms with Crippen LogP contribution in [0.15, 0.2) is 29.2 Å². The first kappa shape index (κ1) is 16.2. The molecule has 1 amide bonds. The SMILES string of the molecule is C[C@H](C(=O)[O-])N1C(=O)/C(=C/c2ccc(C(=O)[O-])cc2)SC1=S. The highest BCUT2D eigenvalue weighted by Gasteiger charge is 2.35. The Labute approximate surface area is 135 Å². The number of rotatable bonds is 4. The van der Waals surface area contributed by atoms with Crippen LogP contribution in [0.25, 0.3) is 6.08 Å². The first-order valence-electron chi connectivity index (χ1n) is 6.10. The summed E-state index contributed by atoms with van der Waals surface area (Å²) in [5.74, 6) is -3.20. The fraction of sp³-hybridized carbons (Fsp3) is 0.143. The number of thiocarbonyl (C=S) groups is 1. The standard InChI is InChI=1S/C14H11NO5S2/c1-7(12(17)18)15-11(16)10(22-14(15)21)6-8-2-4-9(5-3-8)13(19)20/h2-7H,1H3,(H,17,18)(H,19,20)/p-2/b10-6-/t7-/m1/s1. The largest absolute Gasteiger partial charge is 0.548 e.